The largest absolute Gasteiger partial charge is 0.438 e. The maximum atomic E-state index is 12.9. The van der Waals surface area contributed by atoms with Crippen LogP contribution in [0.25, 0.3) is 0 Å². The van der Waals surface area contributed by atoms with E-state index in [1.807, 2.05) is 25.8 Å². The second kappa shape index (κ2) is 9.12. The third-order valence-electron chi connectivity index (χ3n) is 7.46. The van der Waals surface area contributed by atoms with Gasteiger partial charge in [-0.1, -0.05) is 51.5 Å². The highest BCUT2D eigenvalue weighted by Crippen LogP contribution is 2.58. The van der Waals surface area contributed by atoms with E-state index in [0.29, 0.717) is 24.8 Å². The van der Waals surface area contributed by atoms with Crippen LogP contribution in [-0.2, 0) is 0 Å². The van der Waals surface area contributed by atoms with Crippen LogP contribution in [0, 0.1) is 28.6 Å². The maximum absolute atomic E-state index is 12.9. The lowest BCUT2D eigenvalue weighted by molar-refractivity contribution is -0.343. The van der Waals surface area contributed by atoms with Crippen molar-refractivity contribution in [1.29, 1.82) is 0 Å². The van der Waals surface area contributed by atoms with Crippen LogP contribution in [0.1, 0.15) is 52.9 Å². The molecule has 0 bridgehead atoms. The minimum absolute atomic E-state index is 0.0306. The highest BCUT2D eigenvalue weighted by atomic mass is 19.4. The molecular formula is C24H30F6O3. The molecule has 0 aromatic rings. The van der Waals surface area contributed by atoms with Crippen molar-refractivity contribution in [3.8, 4) is 11.8 Å². The number of aliphatic hydroxyl groups is 3. The van der Waals surface area contributed by atoms with Gasteiger partial charge in [0.1, 0.15) is 0 Å². The molecule has 0 unspecified atom stereocenters. The summed E-state index contributed by atoms with van der Waals surface area (Å²) in [5, 5.41) is 29.0. The van der Waals surface area contributed by atoms with E-state index in [1.54, 1.807) is 19.1 Å². The zero-order chi connectivity index (χ0) is 25.5. The smallest absolute Gasteiger partial charge is 0.393 e. The normalized spacial score (nSPS) is 32.3. The van der Waals surface area contributed by atoms with E-state index in [9.17, 15) is 41.7 Å². The predicted octanol–water partition coefficient (Wildman–Crippen LogP) is 5.23. The first-order chi connectivity index (χ1) is 14.9. The molecule has 0 heterocycles. The number of hydrogen-bond acceptors (Lipinski definition) is 3. The summed E-state index contributed by atoms with van der Waals surface area (Å²) in [6.07, 6.45) is -6.43. The van der Waals surface area contributed by atoms with E-state index in [-0.39, 0.29) is 18.8 Å². The van der Waals surface area contributed by atoms with Crippen molar-refractivity contribution in [1.82, 2.24) is 0 Å². The van der Waals surface area contributed by atoms with Gasteiger partial charge in [-0.25, -0.2) is 0 Å². The molecule has 0 radical (unpaired) electrons. The number of alkyl halides is 6. The zero-order valence-electron chi connectivity index (χ0n) is 18.8. The topological polar surface area (TPSA) is 60.7 Å². The lowest BCUT2D eigenvalue weighted by Crippen LogP contribution is -2.55. The Hall–Kier alpha value is -1.76. The second-order valence-electron chi connectivity index (χ2n) is 9.82. The van der Waals surface area contributed by atoms with Crippen molar-refractivity contribution in [2.45, 2.75) is 83.0 Å². The summed E-state index contributed by atoms with van der Waals surface area (Å²) in [5.41, 5.74) is -4.99. The summed E-state index contributed by atoms with van der Waals surface area (Å²) in [6.45, 7) is 9.38. The Balaban J connectivity index is 2.19. The first kappa shape index (κ1) is 27.5. The fraction of sp³-hybridized carbons (Fsp3) is 0.667. The SMILES string of the molecule is C=C1/C(=C\C=C\[C@@H]2CC[C@](C)(CC#CC(O)(C(F)(F)F)C(F)(F)F)C2(C)C)C[C@@H](O)C[C@@H]1O. The van der Waals surface area contributed by atoms with Gasteiger partial charge in [0.15, 0.2) is 0 Å². The molecule has 9 heteroatoms. The number of rotatable bonds is 3. The predicted molar refractivity (Wildman–Crippen MR) is 112 cm³/mol. The third-order valence-corrected chi connectivity index (χ3v) is 7.46. The average molecular weight is 480 g/mol. The fourth-order valence-corrected chi connectivity index (χ4v) is 4.49. The molecule has 0 aromatic carbocycles. The van der Waals surface area contributed by atoms with Crippen molar-refractivity contribution < 1.29 is 41.7 Å². The van der Waals surface area contributed by atoms with Crippen LogP contribution in [-0.4, -0.2) is 45.5 Å². The van der Waals surface area contributed by atoms with Gasteiger partial charge in [-0.15, -0.1) is 0 Å². The van der Waals surface area contributed by atoms with Crippen molar-refractivity contribution >= 4 is 0 Å². The minimum atomic E-state index is -5.96. The fourth-order valence-electron chi connectivity index (χ4n) is 4.49. The quantitative estimate of drug-likeness (QED) is 0.383. The Labute approximate surface area is 189 Å². The Morgan fingerprint density at radius 1 is 1.09 bits per heavy atom. The standard InChI is InChI=1S/C24H30F6O3/c1-15-16(13-18(31)14-19(15)32)7-5-8-17-9-12-21(4,20(17,2)3)10-6-11-22(33,23(25,26)27)24(28,29)30/h5,7-8,17-19,31-33H,1,9-10,12-14H2,2-4H3/b8-5+,16-7-/t17-,18-,19+,21+/m1/s1. The van der Waals surface area contributed by atoms with Gasteiger partial charge < -0.3 is 15.3 Å². The number of allylic oxidation sites excluding steroid dienone is 3. The molecule has 2 aliphatic carbocycles. The van der Waals surface area contributed by atoms with Gasteiger partial charge >= 0.3 is 18.0 Å². The average Bonchev–Trinajstić information content (AvgIpc) is 2.87. The molecule has 0 aliphatic heterocycles. The van der Waals surface area contributed by atoms with Crippen LogP contribution < -0.4 is 0 Å². The second-order valence-corrected chi connectivity index (χ2v) is 9.82. The summed E-state index contributed by atoms with van der Waals surface area (Å²) in [7, 11) is 0. The molecule has 2 saturated carbocycles. The maximum Gasteiger partial charge on any atom is 0.438 e. The molecule has 4 atom stereocenters. The molecule has 186 valence electrons. The number of halogens is 6. The van der Waals surface area contributed by atoms with Crippen LogP contribution in [0.2, 0.25) is 0 Å². The molecule has 2 aliphatic rings. The number of hydrogen-bond donors (Lipinski definition) is 3. The van der Waals surface area contributed by atoms with Crippen molar-refractivity contribution in [3.63, 3.8) is 0 Å². The van der Waals surface area contributed by atoms with Gasteiger partial charge in [-0.05, 0) is 53.1 Å². The van der Waals surface area contributed by atoms with Gasteiger partial charge in [0, 0.05) is 12.8 Å². The highest BCUT2D eigenvalue weighted by Gasteiger charge is 2.70. The summed E-state index contributed by atoms with van der Waals surface area (Å²) >= 11 is 0. The lowest BCUT2D eigenvalue weighted by atomic mass is 9.64. The molecule has 0 saturated heterocycles. The molecule has 0 amide bonds. The van der Waals surface area contributed by atoms with E-state index in [2.05, 4.69) is 6.58 Å². The third kappa shape index (κ3) is 5.33. The Morgan fingerprint density at radius 3 is 2.21 bits per heavy atom. The molecule has 2 fully saturated rings. The first-order valence-corrected chi connectivity index (χ1v) is 10.6. The van der Waals surface area contributed by atoms with Crippen LogP contribution in [0.3, 0.4) is 0 Å². The lowest BCUT2D eigenvalue weighted by Gasteiger charge is -2.40. The van der Waals surface area contributed by atoms with E-state index in [4.69, 9.17) is 0 Å². The van der Waals surface area contributed by atoms with Crippen molar-refractivity contribution in [3.05, 3.63) is 36.0 Å². The summed E-state index contributed by atoms with van der Waals surface area (Å²) in [4.78, 5) is 0. The monoisotopic (exact) mass is 480 g/mol. The van der Waals surface area contributed by atoms with Gasteiger partial charge in [-0.2, -0.15) is 26.3 Å². The van der Waals surface area contributed by atoms with E-state index in [1.165, 1.54) is 0 Å². The molecule has 0 aromatic heterocycles. The van der Waals surface area contributed by atoms with Crippen LogP contribution >= 0.6 is 0 Å². The molecular weight excluding hydrogens is 450 g/mol. The van der Waals surface area contributed by atoms with Crippen molar-refractivity contribution in [2.24, 2.45) is 16.7 Å². The summed E-state index contributed by atoms with van der Waals surface area (Å²) in [6, 6.07) is 0. The molecule has 3 N–H and O–H groups in total. The van der Waals surface area contributed by atoms with E-state index in [0.717, 1.165) is 11.5 Å². The first-order valence-electron chi connectivity index (χ1n) is 10.6. The van der Waals surface area contributed by atoms with Crippen LogP contribution in [0.5, 0.6) is 0 Å². The van der Waals surface area contributed by atoms with Gasteiger partial charge in [0.25, 0.3) is 0 Å². The van der Waals surface area contributed by atoms with E-state index >= 15 is 0 Å². The Bertz CT molecular complexity index is 857. The van der Waals surface area contributed by atoms with Gasteiger partial charge in [0.2, 0.25) is 0 Å². The van der Waals surface area contributed by atoms with Gasteiger partial charge in [0.05, 0.1) is 12.2 Å². The van der Waals surface area contributed by atoms with E-state index < -0.39 is 41.0 Å². The molecule has 0 spiro atoms. The minimum Gasteiger partial charge on any atom is -0.393 e. The van der Waals surface area contributed by atoms with Crippen LogP contribution in [0.15, 0.2) is 36.0 Å². The van der Waals surface area contributed by atoms with Crippen LogP contribution in [0.4, 0.5) is 26.3 Å². The molecule has 3 nitrogen and oxygen atoms in total. The number of aliphatic hydroxyl groups excluding tert-OH is 2. The van der Waals surface area contributed by atoms with Gasteiger partial charge in [-0.3, -0.25) is 0 Å². The van der Waals surface area contributed by atoms with Crippen molar-refractivity contribution in [2.75, 3.05) is 0 Å². The Kier molecular flexibility index (Phi) is 7.60. The highest BCUT2D eigenvalue weighted by molar-refractivity contribution is 5.37. The summed E-state index contributed by atoms with van der Waals surface area (Å²) in [5.74, 6) is 3.00. The zero-order valence-corrected chi connectivity index (χ0v) is 18.8. The summed E-state index contributed by atoms with van der Waals surface area (Å²) < 4.78 is 77.1. The Morgan fingerprint density at radius 2 is 1.67 bits per heavy atom. The molecule has 2 rings (SSSR count). The molecule has 33 heavy (non-hydrogen) atoms.